The highest BCUT2D eigenvalue weighted by molar-refractivity contribution is 8.04. The summed E-state index contributed by atoms with van der Waals surface area (Å²) in [7, 11) is 0. The summed E-state index contributed by atoms with van der Waals surface area (Å²) in [4.78, 5) is 36.9. The molecule has 0 aromatic heterocycles. The van der Waals surface area contributed by atoms with Crippen LogP contribution in [0.25, 0.3) is 0 Å². The lowest BCUT2D eigenvalue weighted by molar-refractivity contribution is -0.144. The maximum absolute atomic E-state index is 12.0. The molecule has 140 valence electrons. The number of rotatable bonds is 7. The number of esters is 2. The van der Waals surface area contributed by atoms with Gasteiger partial charge in [-0.25, -0.2) is 4.79 Å². The van der Waals surface area contributed by atoms with Gasteiger partial charge in [-0.2, -0.15) is 0 Å². The van der Waals surface area contributed by atoms with Crippen molar-refractivity contribution in [3.8, 4) is 0 Å². The van der Waals surface area contributed by atoms with Crippen LogP contribution >= 0.6 is 11.8 Å². The Morgan fingerprint density at radius 3 is 2.69 bits per heavy atom. The first-order chi connectivity index (χ1) is 12.4. The van der Waals surface area contributed by atoms with E-state index in [9.17, 15) is 14.4 Å². The van der Waals surface area contributed by atoms with Crippen LogP contribution in [-0.4, -0.2) is 48.3 Å². The summed E-state index contributed by atoms with van der Waals surface area (Å²) < 4.78 is 10.1. The molecule has 7 heteroatoms. The highest BCUT2D eigenvalue weighted by Crippen LogP contribution is 2.28. The molecule has 0 radical (unpaired) electrons. The molecular weight excluding hydrogens is 354 g/mol. The maximum Gasteiger partial charge on any atom is 0.333 e. The van der Waals surface area contributed by atoms with Crippen molar-refractivity contribution >= 4 is 29.6 Å². The smallest absolute Gasteiger partial charge is 0.333 e. The van der Waals surface area contributed by atoms with Gasteiger partial charge in [0.2, 0.25) is 5.91 Å². The Labute approximate surface area is 157 Å². The Balaban J connectivity index is 1.85. The summed E-state index contributed by atoms with van der Waals surface area (Å²) in [6.07, 6.45) is 1.49. The van der Waals surface area contributed by atoms with E-state index in [4.69, 9.17) is 9.47 Å². The van der Waals surface area contributed by atoms with E-state index in [-0.39, 0.29) is 43.8 Å². The van der Waals surface area contributed by atoms with Gasteiger partial charge in [0.15, 0.2) is 0 Å². The van der Waals surface area contributed by atoms with Gasteiger partial charge >= 0.3 is 11.9 Å². The standard InChI is InChI=1S/C19H23NO5S/c1-4-24-19(23)11-17-20(16(21)12-26-17)7-8-25-18(22)10-15-6-5-13(2)14(3)9-15/h5-6,9,11H,4,7-8,10,12H2,1-3H3/b17-11-. The number of ether oxygens (including phenoxy) is 2. The van der Waals surface area contributed by atoms with Crippen LogP contribution in [0, 0.1) is 13.8 Å². The molecule has 1 aliphatic heterocycles. The van der Waals surface area contributed by atoms with Gasteiger partial charge in [0, 0.05) is 0 Å². The van der Waals surface area contributed by atoms with Gasteiger partial charge in [-0.3, -0.25) is 9.59 Å². The highest BCUT2D eigenvalue weighted by atomic mass is 32.2. The first kappa shape index (κ1) is 20.0. The van der Waals surface area contributed by atoms with Gasteiger partial charge in [-0.1, -0.05) is 30.0 Å². The number of aryl methyl sites for hydroxylation is 2. The van der Waals surface area contributed by atoms with Crippen LogP contribution in [0.3, 0.4) is 0 Å². The number of carbonyl (C=O) groups excluding carboxylic acids is 3. The third-order valence-corrected chi connectivity index (χ3v) is 4.96. The van der Waals surface area contributed by atoms with Crippen LogP contribution < -0.4 is 0 Å². The molecule has 1 aromatic rings. The Bertz CT molecular complexity index is 729. The van der Waals surface area contributed by atoms with Gasteiger partial charge in [0.1, 0.15) is 6.61 Å². The average Bonchev–Trinajstić information content (AvgIpc) is 2.91. The minimum atomic E-state index is -0.485. The second-order valence-electron chi connectivity index (χ2n) is 5.88. The molecule has 0 spiro atoms. The van der Waals surface area contributed by atoms with Crippen molar-refractivity contribution in [2.24, 2.45) is 0 Å². The molecule has 1 saturated heterocycles. The predicted molar refractivity (Wildman–Crippen MR) is 99.5 cm³/mol. The van der Waals surface area contributed by atoms with E-state index in [1.807, 2.05) is 32.0 Å². The maximum atomic E-state index is 12.0. The van der Waals surface area contributed by atoms with Gasteiger partial charge in [0.05, 0.1) is 36.4 Å². The molecule has 0 saturated carbocycles. The molecule has 0 bridgehead atoms. The Morgan fingerprint density at radius 1 is 1.23 bits per heavy atom. The van der Waals surface area contributed by atoms with Crippen molar-refractivity contribution in [3.63, 3.8) is 0 Å². The number of amides is 1. The number of hydrogen-bond acceptors (Lipinski definition) is 6. The van der Waals surface area contributed by atoms with Crippen molar-refractivity contribution in [2.45, 2.75) is 27.2 Å². The SMILES string of the molecule is CCOC(=O)/C=C1\SCC(=O)N1CCOC(=O)Cc1ccc(C)c(C)c1. The summed E-state index contributed by atoms with van der Waals surface area (Å²) in [6, 6.07) is 5.85. The van der Waals surface area contributed by atoms with E-state index in [0.29, 0.717) is 5.03 Å². The lowest BCUT2D eigenvalue weighted by atomic mass is 10.0. The number of benzene rings is 1. The highest BCUT2D eigenvalue weighted by Gasteiger charge is 2.27. The minimum absolute atomic E-state index is 0.0795. The number of carbonyl (C=O) groups is 3. The monoisotopic (exact) mass is 377 g/mol. The van der Waals surface area contributed by atoms with Crippen molar-refractivity contribution in [3.05, 3.63) is 46.0 Å². The molecule has 0 atom stereocenters. The normalized spacial score (nSPS) is 15.4. The van der Waals surface area contributed by atoms with Gasteiger partial charge in [-0.15, -0.1) is 0 Å². The molecular formula is C19H23NO5S. The van der Waals surface area contributed by atoms with Crippen molar-refractivity contribution in [1.82, 2.24) is 4.90 Å². The zero-order valence-corrected chi connectivity index (χ0v) is 16.1. The van der Waals surface area contributed by atoms with E-state index in [1.54, 1.807) is 6.92 Å². The Morgan fingerprint density at radius 2 is 2.00 bits per heavy atom. The summed E-state index contributed by atoms with van der Waals surface area (Å²) in [6.45, 7) is 6.31. The first-order valence-corrected chi connectivity index (χ1v) is 9.42. The number of hydrogen-bond donors (Lipinski definition) is 0. The molecule has 0 aliphatic carbocycles. The zero-order chi connectivity index (χ0) is 19.1. The second-order valence-corrected chi connectivity index (χ2v) is 6.88. The fourth-order valence-corrected chi connectivity index (χ4v) is 3.39. The van der Waals surface area contributed by atoms with Gasteiger partial charge in [-0.05, 0) is 37.5 Å². The molecule has 6 nitrogen and oxygen atoms in total. The summed E-state index contributed by atoms with van der Waals surface area (Å²) in [5, 5.41) is 0.527. The van der Waals surface area contributed by atoms with Crippen LogP contribution in [0.1, 0.15) is 23.6 Å². The fourth-order valence-electron chi connectivity index (χ4n) is 2.44. The Hall–Kier alpha value is -2.28. The third-order valence-electron chi connectivity index (χ3n) is 3.94. The molecule has 1 heterocycles. The van der Waals surface area contributed by atoms with Crippen molar-refractivity contribution < 1.29 is 23.9 Å². The molecule has 1 amide bonds. The molecule has 2 rings (SSSR count). The minimum Gasteiger partial charge on any atom is -0.464 e. The van der Waals surface area contributed by atoms with Crippen LogP contribution in [0.5, 0.6) is 0 Å². The van der Waals surface area contributed by atoms with E-state index >= 15 is 0 Å². The van der Waals surface area contributed by atoms with E-state index in [2.05, 4.69) is 0 Å². The third kappa shape index (κ3) is 5.62. The number of thioether (sulfide) groups is 1. The number of nitrogens with zero attached hydrogens (tertiary/aromatic N) is 1. The molecule has 1 aromatic carbocycles. The van der Waals surface area contributed by atoms with E-state index in [1.165, 1.54) is 28.3 Å². The second kappa shape index (κ2) is 9.43. The lowest BCUT2D eigenvalue weighted by Crippen LogP contribution is -2.29. The molecule has 0 N–H and O–H groups in total. The van der Waals surface area contributed by atoms with Crippen molar-refractivity contribution in [2.75, 3.05) is 25.5 Å². The van der Waals surface area contributed by atoms with Crippen LogP contribution in [0.15, 0.2) is 29.3 Å². The van der Waals surface area contributed by atoms with Gasteiger partial charge in [0.25, 0.3) is 0 Å². The molecule has 26 heavy (non-hydrogen) atoms. The topological polar surface area (TPSA) is 72.9 Å². The zero-order valence-electron chi connectivity index (χ0n) is 15.2. The molecule has 0 unspecified atom stereocenters. The van der Waals surface area contributed by atoms with Crippen LogP contribution in [0.4, 0.5) is 0 Å². The van der Waals surface area contributed by atoms with Crippen LogP contribution in [-0.2, 0) is 30.3 Å². The van der Waals surface area contributed by atoms with E-state index in [0.717, 1.165) is 11.1 Å². The molecule has 1 fully saturated rings. The summed E-state index contributed by atoms with van der Waals surface area (Å²) in [5.74, 6) is -0.678. The quantitative estimate of drug-likeness (QED) is 0.537. The largest absolute Gasteiger partial charge is 0.464 e. The Kier molecular flexibility index (Phi) is 7.26. The predicted octanol–water partition coefficient (Wildman–Crippen LogP) is 2.37. The lowest BCUT2D eigenvalue weighted by Gasteiger charge is -2.16. The summed E-state index contributed by atoms with van der Waals surface area (Å²) in [5.41, 5.74) is 3.20. The van der Waals surface area contributed by atoms with Crippen LogP contribution in [0.2, 0.25) is 0 Å². The summed E-state index contributed by atoms with van der Waals surface area (Å²) >= 11 is 1.27. The first-order valence-electron chi connectivity index (χ1n) is 8.44. The van der Waals surface area contributed by atoms with E-state index < -0.39 is 5.97 Å². The average molecular weight is 377 g/mol. The van der Waals surface area contributed by atoms with Gasteiger partial charge < -0.3 is 14.4 Å². The fraction of sp³-hybridized carbons (Fsp3) is 0.421. The molecule has 1 aliphatic rings. The van der Waals surface area contributed by atoms with Crippen molar-refractivity contribution in [1.29, 1.82) is 0 Å².